The van der Waals surface area contributed by atoms with Crippen LogP contribution in [0, 0.1) is 11.6 Å². The third-order valence-corrected chi connectivity index (χ3v) is 7.45. The first-order valence-electron chi connectivity index (χ1n) is 11.3. The third-order valence-electron chi connectivity index (χ3n) is 5.46. The van der Waals surface area contributed by atoms with Gasteiger partial charge in [-0.25, -0.2) is 27.5 Å². The van der Waals surface area contributed by atoms with Gasteiger partial charge in [0.1, 0.15) is 24.7 Å². The van der Waals surface area contributed by atoms with Crippen LogP contribution in [0.25, 0.3) is 11.0 Å². The number of benzene rings is 1. The molecule has 0 fully saturated rings. The van der Waals surface area contributed by atoms with E-state index in [2.05, 4.69) is 29.6 Å². The number of aromatic nitrogens is 2. The molecule has 0 spiro atoms. The van der Waals surface area contributed by atoms with E-state index in [-0.39, 0.29) is 30.4 Å². The summed E-state index contributed by atoms with van der Waals surface area (Å²) in [6.45, 7) is 6.05. The minimum absolute atomic E-state index is 0.00980. The average Bonchev–Trinajstić information content (AvgIpc) is 3.11. The fourth-order valence-electron chi connectivity index (χ4n) is 3.55. The first-order valence-corrected chi connectivity index (χ1v) is 15.4. The van der Waals surface area contributed by atoms with Crippen molar-refractivity contribution in [3.63, 3.8) is 0 Å². The van der Waals surface area contributed by atoms with Crippen LogP contribution in [-0.4, -0.2) is 49.2 Å². The van der Waals surface area contributed by atoms with Gasteiger partial charge in [0.25, 0.3) is 0 Å². The van der Waals surface area contributed by atoms with Crippen LogP contribution in [-0.2, 0) is 22.6 Å². The SMILES string of the molecule is C[Si](C)(C)CCOCn1cc(Cl)c2c(Oc3c(F)cc(CC4=NCC(F)(F)CO4)cc3F)ccnc21. The number of alkyl halides is 2. The molecule has 3 aromatic rings. The monoisotopic (exact) mass is 543 g/mol. The molecular weight excluding hydrogens is 518 g/mol. The van der Waals surface area contributed by atoms with Gasteiger partial charge in [0.05, 0.1) is 10.4 Å². The third kappa shape index (κ3) is 6.37. The van der Waals surface area contributed by atoms with Crippen LogP contribution in [0.15, 0.2) is 35.6 Å². The van der Waals surface area contributed by atoms with Crippen LogP contribution in [0.3, 0.4) is 0 Å². The Balaban J connectivity index is 1.52. The molecule has 6 nitrogen and oxygen atoms in total. The molecule has 0 N–H and O–H groups in total. The molecule has 0 atom stereocenters. The van der Waals surface area contributed by atoms with Crippen LogP contribution in [0.2, 0.25) is 30.7 Å². The van der Waals surface area contributed by atoms with Crippen LogP contribution in [0.5, 0.6) is 11.5 Å². The maximum atomic E-state index is 14.8. The number of ether oxygens (including phenoxy) is 3. The zero-order chi connectivity index (χ0) is 26.1. The Morgan fingerprint density at radius 2 is 1.92 bits per heavy atom. The number of hydrogen-bond donors (Lipinski definition) is 0. The van der Waals surface area contributed by atoms with Gasteiger partial charge in [0.2, 0.25) is 0 Å². The molecule has 1 aliphatic heterocycles. The molecule has 4 rings (SSSR count). The molecule has 36 heavy (non-hydrogen) atoms. The Labute approximate surface area is 211 Å². The van der Waals surface area contributed by atoms with Gasteiger partial charge < -0.3 is 18.8 Å². The van der Waals surface area contributed by atoms with Crippen molar-refractivity contribution in [1.82, 2.24) is 9.55 Å². The van der Waals surface area contributed by atoms with E-state index in [9.17, 15) is 17.6 Å². The average molecular weight is 544 g/mol. The van der Waals surface area contributed by atoms with Gasteiger partial charge >= 0.3 is 5.92 Å². The van der Waals surface area contributed by atoms with Gasteiger partial charge in [-0.05, 0) is 29.8 Å². The molecule has 0 saturated heterocycles. The van der Waals surface area contributed by atoms with Crippen molar-refractivity contribution in [1.29, 1.82) is 0 Å². The standard InChI is InChI=1S/C24H26ClF4N3O3Si/c1-36(2,3)7-6-33-14-32-11-16(25)21-19(4-5-30-23(21)32)35-22-17(26)8-15(9-18(22)27)10-20-31-12-24(28,29)13-34-20/h4-5,8-9,11H,6-7,10,12-14H2,1-3H3. The summed E-state index contributed by atoms with van der Waals surface area (Å²) in [6.07, 6.45) is 2.95. The molecule has 0 radical (unpaired) electrons. The fraction of sp³-hybridized carbons (Fsp3) is 0.417. The molecule has 194 valence electrons. The van der Waals surface area contributed by atoms with Crippen molar-refractivity contribution < 1.29 is 31.8 Å². The van der Waals surface area contributed by atoms with Gasteiger partial charge in [-0.15, -0.1) is 0 Å². The number of aliphatic imine (C=N–C) groups is 1. The van der Waals surface area contributed by atoms with Crippen LogP contribution >= 0.6 is 11.6 Å². The number of fused-ring (bicyclic) bond motifs is 1. The Bertz CT molecular complexity index is 1270. The summed E-state index contributed by atoms with van der Waals surface area (Å²) in [5, 5.41) is 0.685. The quantitative estimate of drug-likeness (QED) is 0.172. The van der Waals surface area contributed by atoms with Crippen molar-refractivity contribution in [2.45, 2.75) is 44.8 Å². The number of nitrogens with zero attached hydrogens (tertiary/aromatic N) is 3. The van der Waals surface area contributed by atoms with Crippen molar-refractivity contribution in [2.24, 2.45) is 4.99 Å². The summed E-state index contributed by atoms with van der Waals surface area (Å²) >= 11 is 6.41. The zero-order valence-electron chi connectivity index (χ0n) is 20.1. The molecule has 0 unspecified atom stereocenters. The van der Waals surface area contributed by atoms with E-state index in [4.69, 9.17) is 25.8 Å². The molecule has 2 aromatic heterocycles. The molecule has 1 aromatic carbocycles. The Kier molecular flexibility index (Phi) is 7.63. The van der Waals surface area contributed by atoms with Gasteiger partial charge in [0.15, 0.2) is 29.9 Å². The van der Waals surface area contributed by atoms with Crippen LogP contribution in [0.1, 0.15) is 5.56 Å². The lowest BCUT2D eigenvalue weighted by atomic mass is 10.1. The highest BCUT2D eigenvalue weighted by atomic mass is 35.5. The largest absolute Gasteiger partial charge is 0.474 e. The summed E-state index contributed by atoms with van der Waals surface area (Å²) in [7, 11) is -1.24. The Hall–Kier alpha value is -2.63. The number of hydrogen-bond acceptors (Lipinski definition) is 5. The second-order valence-electron chi connectivity index (χ2n) is 9.82. The summed E-state index contributed by atoms with van der Waals surface area (Å²) in [4.78, 5) is 7.97. The van der Waals surface area contributed by atoms with E-state index in [1.165, 1.54) is 12.3 Å². The van der Waals surface area contributed by atoms with Crippen molar-refractivity contribution in [3.8, 4) is 11.5 Å². The first-order chi connectivity index (χ1) is 16.9. The minimum atomic E-state index is -3.05. The number of pyridine rings is 1. The minimum Gasteiger partial charge on any atom is -0.474 e. The highest BCUT2D eigenvalue weighted by Gasteiger charge is 2.34. The normalized spacial score (nSPS) is 15.6. The van der Waals surface area contributed by atoms with E-state index in [1.807, 2.05) is 0 Å². The fourth-order valence-corrected chi connectivity index (χ4v) is 4.60. The summed E-state index contributed by atoms with van der Waals surface area (Å²) in [6, 6.07) is 4.56. The summed E-state index contributed by atoms with van der Waals surface area (Å²) in [5.74, 6) is -5.50. The van der Waals surface area contributed by atoms with E-state index >= 15 is 0 Å². The van der Waals surface area contributed by atoms with Gasteiger partial charge in [-0.1, -0.05) is 31.2 Å². The van der Waals surface area contributed by atoms with Crippen molar-refractivity contribution in [3.05, 3.63) is 52.8 Å². The predicted octanol–water partition coefficient (Wildman–Crippen LogP) is 6.68. The molecule has 12 heteroatoms. The summed E-state index contributed by atoms with van der Waals surface area (Å²) < 4.78 is 74.0. The lowest BCUT2D eigenvalue weighted by Gasteiger charge is -2.21. The number of rotatable bonds is 9. The predicted molar refractivity (Wildman–Crippen MR) is 132 cm³/mol. The van der Waals surface area contributed by atoms with E-state index in [0.29, 0.717) is 22.7 Å². The second-order valence-corrected chi connectivity index (χ2v) is 15.9. The Morgan fingerprint density at radius 1 is 1.19 bits per heavy atom. The van der Waals surface area contributed by atoms with Crippen molar-refractivity contribution in [2.75, 3.05) is 19.8 Å². The molecule has 0 bridgehead atoms. The molecule has 0 amide bonds. The zero-order valence-corrected chi connectivity index (χ0v) is 21.8. The van der Waals surface area contributed by atoms with Crippen LogP contribution < -0.4 is 4.74 Å². The first kappa shape index (κ1) is 26.4. The topological polar surface area (TPSA) is 57.9 Å². The van der Waals surface area contributed by atoms with E-state index < -0.39 is 44.5 Å². The van der Waals surface area contributed by atoms with Gasteiger partial charge in [0, 0.05) is 33.5 Å². The van der Waals surface area contributed by atoms with Crippen molar-refractivity contribution >= 4 is 36.6 Å². The lowest BCUT2D eigenvalue weighted by Crippen LogP contribution is -2.34. The van der Waals surface area contributed by atoms with E-state index in [1.54, 1.807) is 10.8 Å². The van der Waals surface area contributed by atoms with Gasteiger partial charge in [-0.3, -0.25) is 0 Å². The summed E-state index contributed by atoms with van der Waals surface area (Å²) in [5.41, 5.74) is 0.619. The number of halogens is 5. The molecule has 3 heterocycles. The lowest BCUT2D eigenvalue weighted by molar-refractivity contribution is -0.0464. The van der Waals surface area contributed by atoms with E-state index in [0.717, 1.165) is 18.2 Å². The molecule has 1 aliphatic rings. The second kappa shape index (κ2) is 10.4. The smallest absolute Gasteiger partial charge is 0.300 e. The Morgan fingerprint density at radius 3 is 2.56 bits per heavy atom. The maximum absolute atomic E-state index is 14.8. The van der Waals surface area contributed by atoms with Gasteiger partial charge in [-0.2, -0.15) is 0 Å². The molecule has 0 saturated carbocycles. The highest BCUT2D eigenvalue weighted by Crippen LogP contribution is 2.37. The highest BCUT2D eigenvalue weighted by molar-refractivity contribution is 6.76. The maximum Gasteiger partial charge on any atom is 0.300 e. The molecular formula is C24H26ClF4N3O3Si. The van der Waals surface area contributed by atoms with Crippen LogP contribution in [0.4, 0.5) is 17.6 Å². The molecule has 0 aliphatic carbocycles.